The minimum Gasteiger partial charge on any atom is -0.496 e. The van der Waals surface area contributed by atoms with Crippen LogP contribution in [0.4, 0.5) is 5.69 Å². The molecule has 2 aromatic carbocycles. The molecule has 1 heterocycles. The molecule has 3 N–H and O–H groups in total. The summed E-state index contributed by atoms with van der Waals surface area (Å²) in [4.78, 5) is 12.6. The van der Waals surface area contributed by atoms with Gasteiger partial charge in [-0.05, 0) is 73.2 Å². The van der Waals surface area contributed by atoms with E-state index in [0.29, 0.717) is 28.5 Å². The summed E-state index contributed by atoms with van der Waals surface area (Å²) in [7, 11) is 1.52. The summed E-state index contributed by atoms with van der Waals surface area (Å²) in [5.41, 5.74) is 2.80. The van der Waals surface area contributed by atoms with Crippen LogP contribution in [0.3, 0.4) is 0 Å². The predicted molar refractivity (Wildman–Crippen MR) is 119 cm³/mol. The monoisotopic (exact) mass is 474 g/mol. The van der Waals surface area contributed by atoms with Crippen molar-refractivity contribution < 1.29 is 19.1 Å². The van der Waals surface area contributed by atoms with Crippen LogP contribution in [0.15, 0.2) is 57.4 Å². The fourth-order valence-electron chi connectivity index (χ4n) is 2.84. The molecule has 0 bridgehead atoms. The fourth-order valence-corrected chi connectivity index (χ4v) is 3.62. The number of furan rings is 1. The van der Waals surface area contributed by atoms with Gasteiger partial charge in [-0.1, -0.05) is 15.9 Å². The Bertz CT molecular complexity index is 1050. The molecule has 150 valence electrons. The van der Waals surface area contributed by atoms with E-state index < -0.39 is 0 Å². The van der Waals surface area contributed by atoms with Crippen molar-refractivity contribution in [3.05, 3.63) is 69.9 Å². The van der Waals surface area contributed by atoms with Crippen LogP contribution in [0.5, 0.6) is 5.75 Å². The van der Waals surface area contributed by atoms with Crippen LogP contribution in [0.25, 0.3) is 11.3 Å². The predicted octanol–water partition coefficient (Wildman–Crippen LogP) is 4.65. The summed E-state index contributed by atoms with van der Waals surface area (Å²) in [5, 5.41) is 14.9. The Kier molecular flexibility index (Phi) is 6.68. The zero-order chi connectivity index (χ0) is 21.0. The molecule has 6 nitrogen and oxygen atoms in total. The number of rotatable bonds is 5. The van der Waals surface area contributed by atoms with E-state index in [1.807, 2.05) is 37.3 Å². The highest BCUT2D eigenvalue weighted by Crippen LogP contribution is 2.28. The molecule has 1 aromatic heterocycles. The Morgan fingerprint density at radius 3 is 2.55 bits per heavy atom. The molecule has 3 rings (SSSR count). The second kappa shape index (κ2) is 9.21. The number of halogens is 1. The van der Waals surface area contributed by atoms with Crippen molar-refractivity contribution in [2.75, 3.05) is 12.4 Å². The summed E-state index contributed by atoms with van der Waals surface area (Å²) in [6.45, 7) is 1.72. The second-order valence-electron chi connectivity index (χ2n) is 6.21. The highest BCUT2D eigenvalue weighted by atomic mass is 79.9. The average Bonchev–Trinajstić information content (AvgIpc) is 3.17. The largest absolute Gasteiger partial charge is 0.496 e. The number of carbonyl (C=O) groups is 1. The highest BCUT2D eigenvalue weighted by molar-refractivity contribution is 9.10. The Morgan fingerprint density at radius 1 is 1.21 bits per heavy atom. The van der Waals surface area contributed by atoms with E-state index >= 15 is 0 Å². The molecular weight excluding hydrogens is 456 g/mol. The molecule has 0 aliphatic rings. The van der Waals surface area contributed by atoms with Gasteiger partial charge in [-0.15, -0.1) is 0 Å². The van der Waals surface area contributed by atoms with Gasteiger partial charge in [-0.2, -0.15) is 0 Å². The van der Waals surface area contributed by atoms with Gasteiger partial charge in [-0.3, -0.25) is 10.1 Å². The van der Waals surface area contributed by atoms with Gasteiger partial charge >= 0.3 is 0 Å². The number of ether oxygens (including phenoxy) is 1. The number of benzene rings is 2. The molecule has 3 aromatic rings. The zero-order valence-electron chi connectivity index (χ0n) is 15.8. The average molecular weight is 475 g/mol. The number of nitrogens with one attached hydrogen (secondary N) is 2. The number of hydrogen-bond acceptors (Lipinski definition) is 5. The molecule has 0 spiro atoms. The molecule has 0 fully saturated rings. The minimum atomic E-state index is -0.368. The quantitative estimate of drug-likeness (QED) is 0.467. The summed E-state index contributed by atoms with van der Waals surface area (Å²) >= 11 is 8.65. The van der Waals surface area contributed by atoms with Gasteiger partial charge in [-0.25, -0.2) is 0 Å². The Labute approximate surface area is 182 Å². The van der Waals surface area contributed by atoms with E-state index in [0.717, 1.165) is 15.6 Å². The molecule has 29 heavy (non-hydrogen) atoms. The molecular formula is C21H19BrN2O4S. The van der Waals surface area contributed by atoms with E-state index in [-0.39, 0.29) is 17.6 Å². The molecule has 0 unspecified atom stereocenters. The first-order valence-corrected chi connectivity index (χ1v) is 9.88. The summed E-state index contributed by atoms with van der Waals surface area (Å²) in [5.74, 6) is 1.30. The topological polar surface area (TPSA) is 83.7 Å². The Morgan fingerprint density at radius 2 is 1.93 bits per heavy atom. The van der Waals surface area contributed by atoms with Gasteiger partial charge in [0.05, 0.1) is 12.7 Å². The van der Waals surface area contributed by atoms with Crippen molar-refractivity contribution in [3.8, 4) is 17.1 Å². The number of aryl methyl sites for hydroxylation is 1. The second-order valence-corrected chi connectivity index (χ2v) is 7.54. The van der Waals surface area contributed by atoms with E-state index in [4.69, 9.17) is 26.5 Å². The van der Waals surface area contributed by atoms with Crippen LogP contribution in [-0.2, 0) is 6.61 Å². The normalized spacial score (nSPS) is 10.5. The number of aliphatic hydroxyl groups is 1. The highest BCUT2D eigenvalue weighted by Gasteiger charge is 2.17. The van der Waals surface area contributed by atoms with E-state index in [1.165, 1.54) is 7.11 Å². The molecule has 1 amide bonds. The summed E-state index contributed by atoms with van der Waals surface area (Å²) in [6.07, 6.45) is 0. The van der Waals surface area contributed by atoms with Gasteiger partial charge < -0.3 is 19.6 Å². The number of carbonyl (C=O) groups excluding carboxylic acids is 1. The number of aliphatic hydroxyl groups excluding tert-OH is 1. The fraction of sp³-hybridized carbons (Fsp3) is 0.143. The minimum absolute atomic E-state index is 0.143. The molecule has 0 saturated heterocycles. The smallest absolute Gasteiger partial charge is 0.261 e. The van der Waals surface area contributed by atoms with Crippen molar-refractivity contribution in [3.63, 3.8) is 0 Å². The van der Waals surface area contributed by atoms with E-state index in [1.54, 1.807) is 18.2 Å². The third-order valence-corrected chi connectivity index (χ3v) is 4.82. The van der Waals surface area contributed by atoms with Crippen molar-refractivity contribution >= 4 is 44.9 Å². The van der Waals surface area contributed by atoms with E-state index in [2.05, 4.69) is 26.6 Å². The van der Waals surface area contributed by atoms with Crippen molar-refractivity contribution in [1.82, 2.24) is 5.32 Å². The third-order valence-electron chi connectivity index (χ3n) is 4.16. The lowest BCUT2D eigenvalue weighted by Gasteiger charge is -2.14. The van der Waals surface area contributed by atoms with Crippen molar-refractivity contribution in [1.29, 1.82) is 0 Å². The molecule has 0 aliphatic heterocycles. The van der Waals surface area contributed by atoms with Crippen molar-refractivity contribution in [2.45, 2.75) is 13.5 Å². The SMILES string of the molecule is COc1c(C)cc(Br)cc1C(=O)NC(=S)Nc1ccc(-c2ccc(CO)o2)cc1. The lowest BCUT2D eigenvalue weighted by Crippen LogP contribution is -2.34. The molecule has 0 atom stereocenters. The molecule has 8 heteroatoms. The van der Waals surface area contributed by atoms with Gasteiger partial charge in [0, 0.05) is 15.7 Å². The maximum Gasteiger partial charge on any atom is 0.261 e. The number of hydrogen-bond donors (Lipinski definition) is 3. The first kappa shape index (κ1) is 21.0. The van der Waals surface area contributed by atoms with Crippen LogP contribution in [0.1, 0.15) is 21.7 Å². The maximum absolute atomic E-state index is 12.6. The zero-order valence-corrected chi connectivity index (χ0v) is 18.2. The summed E-state index contributed by atoms with van der Waals surface area (Å²) < 4.78 is 11.6. The Hall–Kier alpha value is -2.68. The standard InChI is InChI=1S/C21H19BrN2O4S/c1-12-9-14(22)10-17(19(12)27-2)20(26)24-21(29)23-15-5-3-13(4-6-15)18-8-7-16(11-25)28-18/h3-10,25H,11H2,1-2H3,(H2,23,24,26,29). The van der Waals surface area contributed by atoms with Crippen LogP contribution in [0, 0.1) is 6.92 Å². The number of anilines is 1. The lowest BCUT2D eigenvalue weighted by molar-refractivity contribution is 0.0974. The van der Waals surface area contributed by atoms with Gasteiger partial charge in [0.1, 0.15) is 23.9 Å². The molecule has 0 saturated carbocycles. The van der Waals surface area contributed by atoms with Gasteiger partial charge in [0.15, 0.2) is 5.11 Å². The summed E-state index contributed by atoms with van der Waals surface area (Å²) in [6, 6.07) is 14.4. The Balaban J connectivity index is 1.67. The number of amides is 1. The first-order valence-electron chi connectivity index (χ1n) is 8.67. The van der Waals surface area contributed by atoms with Crippen LogP contribution < -0.4 is 15.4 Å². The number of methoxy groups -OCH3 is 1. The van der Waals surface area contributed by atoms with Gasteiger partial charge in [0.25, 0.3) is 5.91 Å². The van der Waals surface area contributed by atoms with Crippen molar-refractivity contribution in [2.24, 2.45) is 0 Å². The third kappa shape index (κ3) is 5.03. The lowest BCUT2D eigenvalue weighted by atomic mass is 10.1. The molecule has 0 radical (unpaired) electrons. The first-order chi connectivity index (χ1) is 13.9. The van der Waals surface area contributed by atoms with Crippen LogP contribution in [-0.4, -0.2) is 23.2 Å². The van der Waals surface area contributed by atoms with Crippen LogP contribution in [0.2, 0.25) is 0 Å². The molecule has 0 aliphatic carbocycles. The van der Waals surface area contributed by atoms with E-state index in [9.17, 15) is 4.79 Å². The number of thiocarbonyl (C=S) groups is 1. The maximum atomic E-state index is 12.6. The van der Waals surface area contributed by atoms with Crippen LogP contribution >= 0.6 is 28.1 Å². The van der Waals surface area contributed by atoms with Gasteiger partial charge in [0.2, 0.25) is 0 Å².